The largest absolute Gasteiger partial charge is 0.422 e. The lowest BCUT2D eigenvalue weighted by atomic mass is 9.96. The smallest absolute Gasteiger partial charge is 0.206 e. The predicted octanol–water partition coefficient (Wildman–Crippen LogP) is 9.34. The van der Waals surface area contributed by atoms with E-state index in [9.17, 15) is 22.0 Å². The molecule has 0 fully saturated rings. The van der Waals surface area contributed by atoms with Gasteiger partial charge in [0.1, 0.15) is 23.0 Å². The van der Waals surface area contributed by atoms with E-state index in [0.29, 0.717) is 34.2 Å². The highest BCUT2D eigenvalue weighted by Crippen LogP contribution is 2.37. The van der Waals surface area contributed by atoms with Crippen molar-refractivity contribution in [3.05, 3.63) is 95.3 Å². The van der Waals surface area contributed by atoms with Crippen molar-refractivity contribution in [2.75, 3.05) is 0 Å². The lowest BCUT2D eigenvalue weighted by Crippen LogP contribution is -2.11. The summed E-state index contributed by atoms with van der Waals surface area (Å²) in [6.07, 6.45) is -0.817. The number of benzene rings is 4. The second-order valence-corrected chi connectivity index (χ2v) is 8.33. The van der Waals surface area contributed by atoms with Crippen LogP contribution in [0, 0.1) is 17.5 Å². The van der Waals surface area contributed by atoms with Crippen molar-refractivity contribution in [3.8, 4) is 22.3 Å². The Balaban J connectivity index is 1.63. The summed E-state index contributed by atoms with van der Waals surface area (Å²) >= 11 is 0. The van der Waals surface area contributed by atoms with Crippen LogP contribution in [0.4, 0.5) is 26.3 Å². The van der Waals surface area contributed by atoms with Crippen molar-refractivity contribution < 1.29 is 26.3 Å². The molecule has 34 heavy (non-hydrogen) atoms. The summed E-state index contributed by atoms with van der Waals surface area (Å²) in [5.74, 6) is -3.74. The highest BCUT2D eigenvalue weighted by atomic mass is 19.4. The van der Waals surface area contributed by atoms with E-state index in [0.717, 1.165) is 36.6 Å². The molecule has 0 aromatic heterocycles. The van der Waals surface area contributed by atoms with Crippen LogP contribution < -0.4 is 0 Å². The minimum atomic E-state index is -5.12. The number of aryl methyl sites for hydroxylation is 1. The van der Waals surface area contributed by atoms with Gasteiger partial charge in [0.25, 0.3) is 0 Å². The maximum Gasteiger partial charge on any atom is 0.422 e. The van der Waals surface area contributed by atoms with E-state index in [1.165, 1.54) is 12.1 Å². The van der Waals surface area contributed by atoms with Crippen LogP contribution in [-0.4, -0.2) is 0 Å². The fraction of sp³-hybridized carbons (Fsp3) is 0.214. The van der Waals surface area contributed by atoms with Crippen molar-refractivity contribution >= 4 is 10.8 Å². The molecule has 0 atom stereocenters. The second-order valence-electron chi connectivity index (χ2n) is 8.33. The lowest BCUT2D eigenvalue weighted by molar-refractivity contribution is -0.142. The maximum atomic E-state index is 15.3. The third kappa shape index (κ3) is 4.81. The molecule has 0 unspecified atom stereocenters. The molecule has 0 bridgehead atoms. The molecule has 4 aromatic rings. The van der Waals surface area contributed by atoms with Gasteiger partial charge in [-0.2, -0.15) is 13.2 Å². The molecule has 0 heterocycles. The third-order valence-electron chi connectivity index (χ3n) is 5.94. The Labute approximate surface area is 193 Å². The number of alkyl halides is 3. The second kappa shape index (κ2) is 9.53. The van der Waals surface area contributed by atoms with Crippen molar-refractivity contribution in [2.45, 2.75) is 38.8 Å². The molecule has 0 saturated carbocycles. The first-order valence-electron chi connectivity index (χ1n) is 11.1. The van der Waals surface area contributed by atoms with Crippen LogP contribution in [0.2, 0.25) is 0 Å². The Hall–Kier alpha value is -3.28. The molecule has 4 aromatic carbocycles. The maximum absolute atomic E-state index is 15.3. The summed E-state index contributed by atoms with van der Waals surface area (Å²) in [6.45, 7) is 2.14. The van der Waals surface area contributed by atoms with Crippen LogP contribution in [0.15, 0.2) is 66.7 Å². The Morgan fingerprint density at radius 2 is 1.32 bits per heavy atom. The molecule has 4 rings (SSSR count). The fourth-order valence-corrected chi connectivity index (χ4v) is 4.15. The molecule has 0 aliphatic carbocycles. The van der Waals surface area contributed by atoms with Crippen molar-refractivity contribution in [2.24, 2.45) is 0 Å². The molecule has 0 amide bonds. The number of rotatable bonds is 6. The molecule has 0 spiro atoms. The van der Waals surface area contributed by atoms with Crippen molar-refractivity contribution in [1.29, 1.82) is 0 Å². The van der Waals surface area contributed by atoms with Gasteiger partial charge >= 0.3 is 6.18 Å². The zero-order chi connectivity index (χ0) is 24.5. The number of fused-ring (bicyclic) bond motifs is 1. The van der Waals surface area contributed by atoms with Crippen LogP contribution in [-0.2, 0) is 12.6 Å². The lowest BCUT2D eigenvalue weighted by Gasteiger charge is -2.12. The summed E-state index contributed by atoms with van der Waals surface area (Å²) in [5, 5.41) is 1.30. The normalized spacial score (nSPS) is 11.9. The number of unbranched alkanes of at least 4 members (excludes halogenated alkanes) is 2. The van der Waals surface area contributed by atoms with Crippen molar-refractivity contribution in [3.63, 3.8) is 0 Å². The molecule has 6 heteroatoms. The van der Waals surface area contributed by atoms with Gasteiger partial charge in [0.15, 0.2) is 0 Å². The SMILES string of the molecule is CCCCCc1ccc2c(F)c(-c3ccc(-c4cc(F)c(C(F)(F)F)c(F)c4)cc3)ccc2c1. The summed E-state index contributed by atoms with van der Waals surface area (Å²) < 4.78 is 81.6. The molecule has 176 valence electrons. The van der Waals surface area contributed by atoms with E-state index in [1.54, 1.807) is 24.3 Å². The highest BCUT2D eigenvalue weighted by molar-refractivity contribution is 5.89. The van der Waals surface area contributed by atoms with Gasteiger partial charge in [0, 0.05) is 10.9 Å². The van der Waals surface area contributed by atoms with Gasteiger partial charge in [0.2, 0.25) is 0 Å². The summed E-state index contributed by atoms with van der Waals surface area (Å²) in [6, 6.07) is 16.7. The first-order valence-corrected chi connectivity index (χ1v) is 11.1. The summed E-state index contributed by atoms with van der Waals surface area (Å²) in [5.41, 5.74) is 0.427. The number of hydrogen-bond acceptors (Lipinski definition) is 0. The Morgan fingerprint density at radius 1 is 0.676 bits per heavy atom. The van der Waals surface area contributed by atoms with Gasteiger partial charge in [-0.05, 0) is 52.6 Å². The van der Waals surface area contributed by atoms with Gasteiger partial charge in [-0.3, -0.25) is 0 Å². The van der Waals surface area contributed by atoms with Crippen LogP contribution in [0.25, 0.3) is 33.0 Å². The molecule has 0 aliphatic rings. The van der Waals surface area contributed by atoms with Gasteiger partial charge in [-0.1, -0.05) is 74.4 Å². The first-order chi connectivity index (χ1) is 16.2. The van der Waals surface area contributed by atoms with Crippen molar-refractivity contribution in [1.82, 2.24) is 0 Å². The van der Waals surface area contributed by atoms with Crippen LogP contribution in [0.3, 0.4) is 0 Å². The van der Waals surface area contributed by atoms with Gasteiger partial charge in [-0.15, -0.1) is 0 Å². The fourth-order valence-electron chi connectivity index (χ4n) is 4.15. The highest BCUT2D eigenvalue weighted by Gasteiger charge is 2.38. The van der Waals surface area contributed by atoms with E-state index < -0.39 is 23.4 Å². The van der Waals surface area contributed by atoms with E-state index >= 15 is 4.39 Å². The Bertz CT molecular complexity index is 1300. The van der Waals surface area contributed by atoms with E-state index in [1.807, 2.05) is 18.2 Å². The Morgan fingerprint density at radius 3 is 1.94 bits per heavy atom. The quantitative estimate of drug-likeness (QED) is 0.194. The molecular weight excluding hydrogens is 450 g/mol. The first kappa shape index (κ1) is 23.9. The minimum Gasteiger partial charge on any atom is -0.206 e. The summed E-state index contributed by atoms with van der Waals surface area (Å²) in [4.78, 5) is 0. The number of hydrogen-bond donors (Lipinski definition) is 0. The molecule has 0 radical (unpaired) electrons. The topological polar surface area (TPSA) is 0 Å². The summed E-state index contributed by atoms with van der Waals surface area (Å²) in [7, 11) is 0. The van der Waals surface area contributed by atoms with Gasteiger partial charge < -0.3 is 0 Å². The zero-order valence-electron chi connectivity index (χ0n) is 18.4. The molecule has 0 nitrogen and oxygen atoms in total. The standard InChI is InChI=1S/C28H22F6/c1-2-3-4-5-17-6-12-23-20(14-17)11-13-22(27(23)31)19-9-7-18(8-10-19)21-15-24(29)26(25(30)16-21)28(32,33)34/h6-16H,2-5H2,1H3. The third-order valence-corrected chi connectivity index (χ3v) is 5.94. The molecule has 0 saturated heterocycles. The average Bonchev–Trinajstić information content (AvgIpc) is 2.78. The average molecular weight is 472 g/mol. The van der Waals surface area contributed by atoms with Crippen LogP contribution >= 0.6 is 0 Å². The molecular formula is C28H22F6. The van der Waals surface area contributed by atoms with E-state index in [4.69, 9.17) is 0 Å². The van der Waals surface area contributed by atoms with Gasteiger partial charge in [-0.25, -0.2) is 13.2 Å². The predicted molar refractivity (Wildman–Crippen MR) is 123 cm³/mol. The van der Waals surface area contributed by atoms with Crippen LogP contribution in [0.1, 0.15) is 37.3 Å². The molecule has 0 aliphatic heterocycles. The van der Waals surface area contributed by atoms with E-state index in [-0.39, 0.29) is 11.4 Å². The number of halogens is 6. The molecule has 0 N–H and O–H groups in total. The zero-order valence-corrected chi connectivity index (χ0v) is 18.4. The monoisotopic (exact) mass is 472 g/mol. The van der Waals surface area contributed by atoms with Crippen LogP contribution in [0.5, 0.6) is 0 Å². The minimum absolute atomic E-state index is 0.0378. The van der Waals surface area contributed by atoms with E-state index in [2.05, 4.69) is 6.92 Å². The Kier molecular flexibility index (Phi) is 6.69. The van der Waals surface area contributed by atoms with Gasteiger partial charge in [0.05, 0.1) is 0 Å².